The highest BCUT2D eigenvalue weighted by Gasteiger charge is 2.21. The highest BCUT2D eigenvalue weighted by molar-refractivity contribution is 8.00. The van der Waals surface area contributed by atoms with Crippen LogP contribution < -0.4 is 11.1 Å². The van der Waals surface area contributed by atoms with E-state index >= 15 is 0 Å². The Balaban J connectivity index is 1.70. The number of carbonyl (C=O) groups is 3. The van der Waals surface area contributed by atoms with Crippen LogP contribution in [0.5, 0.6) is 0 Å². The maximum absolute atomic E-state index is 12.5. The van der Waals surface area contributed by atoms with Gasteiger partial charge in [0.05, 0.1) is 22.5 Å². The molecule has 2 aromatic carbocycles. The average Bonchev–Trinajstić information content (AvgIpc) is 2.72. The third-order valence-corrected chi connectivity index (χ3v) is 5.13. The van der Waals surface area contributed by atoms with Crippen LogP contribution in [-0.4, -0.2) is 34.6 Å². The van der Waals surface area contributed by atoms with E-state index in [1.165, 1.54) is 6.92 Å². The molecule has 0 fully saturated rings. The van der Waals surface area contributed by atoms with Crippen molar-refractivity contribution in [1.82, 2.24) is 4.98 Å². The topological polar surface area (TPSA) is 111 Å². The Bertz CT molecular complexity index is 1070. The summed E-state index contributed by atoms with van der Waals surface area (Å²) in [4.78, 5) is 40.9. The second-order valence-electron chi connectivity index (χ2n) is 6.16. The number of nitrogens with two attached hydrogens (primary N) is 1. The summed E-state index contributed by atoms with van der Waals surface area (Å²) in [7, 11) is 0. The molecule has 0 bridgehead atoms. The van der Waals surface area contributed by atoms with Crippen molar-refractivity contribution in [1.29, 1.82) is 0 Å². The van der Waals surface area contributed by atoms with Crippen LogP contribution in [0.1, 0.15) is 17.3 Å². The summed E-state index contributed by atoms with van der Waals surface area (Å²) in [6.07, 6.45) is 0.648. The summed E-state index contributed by atoms with van der Waals surface area (Å²) in [5.41, 5.74) is 6.77. The summed E-state index contributed by atoms with van der Waals surface area (Å²) >= 11 is 1.14. The molecule has 29 heavy (non-hydrogen) atoms. The number of ether oxygens (including phenoxy) is 1. The molecule has 1 heterocycles. The van der Waals surface area contributed by atoms with Crippen molar-refractivity contribution in [3.63, 3.8) is 0 Å². The van der Waals surface area contributed by atoms with Crippen molar-refractivity contribution in [3.05, 3.63) is 66.4 Å². The molecule has 1 atom stereocenters. The van der Waals surface area contributed by atoms with Gasteiger partial charge in [-0.05, 0) is 43.3 Å². The molecule has 0 aliphatic heterocycles. The van der Waals surface area contributed by atoms with Crippen molar-refractivity contribution < 1.29 is 19.1 Å². The zero-order valence-corrected chi connectivity index (χ0v) is 16.4. The van der Waals surface area contributed by atoms with Crippen LogP contribution in [0.3, 0.4) is 0 Å². The van der Waals surface area contributed by atoms with Crippen LogP contribution in [0, 0.1) is 0 Å². The first-order valence-electron chi connectivity index (χ1n) is 8.81. The Hall–Kier alpha value is -3.39. The van der Waals surface area contributed by atoms with Crippen LogP contribution in [0.2, 0.25) is 0 Å². The smallest absolute Gasteiger partial charge is 0.340 e. The number of fused-ring (bicyclic) bond motifs is 1. The van der Waals surface area contributed by atoms with E-state index in [-0.39, 0.29) is 11.3 Å². The van der Waals surface area contributed by atoms with Gasteiger partial charge < -0.3 is 15.8 Å². The molecule has 3 rings (SSSR count). The summed E-state index contributed by atoms with van der Waals surface area (Å²) < 4.78 is 5.33. The van der Waals surface area contributed by atoms with Crippen molar-refractivity contribution in [2.45, 2.75) is 17.9 Å². The van der Waals surface area contributed by atoms with E-state index in [0.29, 0.717) is 10.6 Å². The van der Waals surface area contributed by atoms with Crippen LogP contribution in [-0.2, 0) is 14.3 Å². The molecular weight excluding hydrogens is 390 g/mol. The molecule has 7 nitrogen and oxygen atoms in total. The number of hydrogen-bond donors (Lipinski definition) is 2. The molecule has 0 spiro atoms. The van der Waals surface area contributed by atoms with Gasteiger partial charge in [-0.2, -0.15) is 0 Å². The first kappa shape index (κ1) is 20.3. The second-order valence-corrected chi connectivity index (χ2v) is 7.18. The lowest BCUT2D eigenvalue weighted by molar-refractivity contribution is -0.123. The molecule has 3 aromatic rings. The van der Waals surface area contributed by atoms with Gasteiger partial charge in [0.25, 0.3) is 5.91 Å². The molecule has 1 unspecified atom stereocenters. The van der Waals surface area contributed by atoms with Gasteiger partial charge in [0.2, 0.25) is 5.91 Å². The number of rotatable bonds is 7. The lowest BCUT2D eigenvalue weighted by atomic mass is 10.1. The first-order valence-corrected chi connectivity index (χ1v) is 9.80. The second kappa shape index (κ2) is 9.20. The Morgan fingerprint density at radius 3 is 2.69 bits per heavy atom. The molecule has 0 aliphatic carbocycles. The Kier molecular flexibility index (Phi) is 6.46. The number of anilines is 1. The summed E-state index contributed by atoms with van der Waals surface area (Å²) in [6, 6.07) is 15.7. The number of nitrogens with zero attached hydrogens (tertiary/aromatic N) is 1. The van der Waals surface area contributed by atoms with E-state index in [2.05, 4.69) is 10.3 Å². The standard InChI is InChI=1S/C21H19N3O4S/c1-13(20(26)24-17-9-4-8-16-14(17)7-5-11-23-16)28-21(27)15-6-2-3-10-18(15)29-12-19(22)25/h2-11,13H,12H2,1H3,(H2,22,25)(H,24,26). The molecule has 2 amide bonds. The summed E-state index contributed by atoms with van der Waals surface area (Å²) in [6.45, 7) is 1.50. The Labute approximate surface area is 171 Å². The minimum Gasteiger partial charge on any atom is -0.449 e. The maximum Gasteiger partial charge on any atom is 0.340 e. The molecule has 3 N–H and O–H groups in total. The van der Waals surface area contributed by atoms with E-state index in [1.54, 1.807) is 48.7 Å². The third-order valence-electron chi connectivity index (χ3n) is 4.03. The van der Waals surface area contributed by atoms with Crippen molar-refractivity contribution in [2.24, 2.45) is 5.73 Å². The van der Waals surface area contributed by atoms with E-state index < -0.39 is 23.9 Å². The molecule has 0 saturated heterocycles. The van der Waals surface area contributed by atoms with Crippen LogP contribution in [0.15, 0.2) is 65.7 Å². The molecule has 148 valence electrons. The van der Waals surface area contributed by atoms with Gasteiger partial charge in [-0.3, -0.25) is 14.6 Å². The first-order chi connectivity index (χ1) is 14.0. The number of esters is 1. The third kappa shape index (κ3) is 5.11. The van der Waals surface area contributed by atoms with Crippen LogP contribution in [0.4, 0.5) is 5.69 Å². The number of pyridine rings is 1. The molecule has 8 heteroatoms. The van der Waals surface area contributed by atoms with E-state index in [4.69, 9.17) is 10.5 Å². The number of primary amides is 1. The zero-order chi connectivity index (χ0) is 20.8. The number of hydrogen-bond acceptors (Lipinski definition) is 6. The average molecular weight is 409 g/mol. The number of nitrogens with one attached hydrogen (secondary N) is 1. The Morgan fingerprint density at radius 1 is 1.10 bits per heavy atom. The quantitative estimate of drug-likeness (QED) is 0.458. The summed E-state index contributed by atoms with van der Waals surface area (Å²) in [5, 5.41) is 3.56. The lowest BCUT2D eigenvalue weighted by Gasteiger charge is -2.15. The maximum atomic E-state index is 12.5. The number of carbonyl (C=O) groups excluding carboxylic acids is 3. The minimum atomic E-state index is -1.02. The van der Waals surface area contributed by atoms with Gasteiger partial charge in [-0.25, -0.2) is 4.79 Å². The van der Waals surface area contributed by atoms with Gasteiger partial charge in [0.15, 0.2) is 6.10 Å². The fourth-order valence-electron chi connectivity index (χ4n) is 2.63. The highest BCUT2D eigenvalue weighted by Crippen LogP contribution is 2.24. The highest BCUT2D eigenvalue weighted by atomic mass is 32.2. The monoisotopic (exact) mass is 409 g/mol. The predicted octanol–water partition coefficient (Wildman–Crippen LogP) is 3.00. The lowest BCUT2D eigenvalue weighted by Crippen LogP contribution is -2.30. The molecule has 0 saturated carbocycles. The zero-order valence-electron chi connectivity index (χ0n) is 15.6. The van der Waals surface area contributed by atoms with E-state index in [1.807, 2.05) is 12.1 Å². The predicted molar refractivity (Wildman–Crippen MR) is 112 cm³/mol. The summed E-state index contributed by atoms with van der Waals surface area (Å²) in [5.74, 6) is -1.57. The SMILES string of the molecule is CC(OC(=O)c1ccccc1SCC(N)=O)C(=O)Nc1cccc2ncccc12. The van der Waals surface area contributed by atoms with Crippen LogP contribution >= 0.6 is 11.8 Å². The number of amides is 2. The molecule has 0 radical (unpaired) electrons. The van der Waals surface area contributed by atoms with E-state index in [0.717, 1.165) is 22.7 Å². The van der Waals surface area contributed by atoms with Crippen molar-refractivity contribution in [2.75, 3.05) is 11.1 Å². The number of aromatic nitrogens is 1. The fourth-order valence-corrected chi connectivity index (χ4v) is 3.41. The van der Waals surface area contributed by atoms with E-state index in [9.17, 15) is 14.4 Å². The fraction of sp³-hybridized carbons (Fsp3) is 0.143. The van der Waals surface area contributed by atoms with Gasteiger partial charge in [0, 0.05) is 16.5 Å². The minimum absolute atomic E-state index is 0.0372. The molecular formula is C21H19N3O4S. The normalized spacial score (nSPS) is 11.6. The number of benzene rings is 2. The Morgan fingerprint density at radius 2 is 1.90 bits per heavy atom. The van der Waals surface area contributed by atoms with Gasteiger partial charge in [-0.15, -0.1) is 11.8 Å². The van der Waals surface area contributed by atoms with Crippen molar-refractivity contribution >= 4 is 46.1 Å². The van der Waals surface area contributed by atoms with Crippen molar-refractivity contribution in [3.8, 4) is 0 Å². The molecule has 1 aromatic heterocycles. The van der Waals surface area contributed by atoms with Crippen LogP contribution in [0.25, 0.3) is 10.9 Å². The van der Waals surface area contributed by atoms with Gasteiger partial charge >= 0.3 is 5.97 Å². The van der Waals surface area contributed by atoms with Gasteiger partial charge in [0.1, 0.15) is 0 Å². The molecule has 0 aliphatic rings. The largest absolute Gasteiger partial charge is 0.449 e. The van der Waals surface area contributed by atoms with Gasteiger partial charge in [-0.1, -0.05) is 18.2 Å². The number of thioether (sulfide) groups is 1.